The number of ether oxygens (including phenoxy) is 1. The first kappa shape index (κ1) is 17.8. The molecule has 1 aromatic heterocycles. The molecule has 2 aromatic rings. The van der Waals surface area contributed by atoms with Crippen molar-refractivity contribution < 1.29 is 14.3 Å². The van der Waals surface area contributed by atoms with Crippen LogP contribution in [0.2, 0.25) is 5.02 Å². The van der Waals surface area contributed by atoms with Gasteiger partial charge >= 0.3 is 5.97 Å². The van der Waals surface area contributed by atoms with Gasteiger partial charge in [-0.05, 0) is 12.0 Å². The third kappa shape index (κ3) is 3.67. The summed E-state index contributed by atoms with van der Waals surface area (Å²) >= 11 is 7.65. The van der Waals surface area contributed by atoms with Crippen molar-refractivity contribution in [2.75, 3.05) is 7.11 Å². The zero-order valence-corrected chi connectivity index (χ0v) is 15.0. The van der Waals surface area contributed by atoms with E-state index in [1.807, 2.05) is 38.1 Å². The number of rotatable bonds is 6. The third-order valence-corrected chi connectivity index (χ3v) is 5.68. The minimum absolute atomic E-state index is 0.0274. The lowest BCUT2D eigenvalue weighted by Gasteiger charge is -2.23. The summed E-state index contributed by atoms with van der Waals surface area (Å²) in [5.74, 6) is -0.734. The molecule has 2 rings (SSSR count). The minimum Gasteiger partial charge on any atom is -0.467 e. The Morgan fingerprint density at radius 1 is 1.26 bits per heavy atom. The second-order valence-electron chi connectivity index (χ2n) is 5.29. The number of hydrogen-bond donors (Lipinski definition) is 1. The highest BCUT2D eigenvalue weighted by atomic mass is 35.5. The number of carbonyl (C=O) groups is 2. The van der Waals surface area contributed by atoms with Crippen molar-refractivity contribution in [1.82, 2.24) is 5.32 Å². The van der Waals surface area contributed by atoms with Crippen molar-refractivity contribution in [3.63, 3.8) is 0 Å². The van der Waals surface area contributed by atoms with Crippen LogP contribution < -0.4 is 5.32 Å². The van der Waals surface area contributed by atoms with Crippen LogP contribution in [0.5, 0.6) is 0 Å². The van der Waals surface area contributed by atoms with Crippen LogP contribution in [0.4, 0.5) is 0 Å². The second-order valence-corrected chi connectivity index (χ2v) is 6.72. The zero-order chi connectivity index (χ0) is 17.0. The Morgan fingerprint density at radius 3 is 2.48 bits per heavy atom. The number of benzene rings is 1. The van der Waals surface area contributed by atoms with E-state index in [1.165, 1.54) is 18.4 Å². The molecule has 0 fully saturated rings. The molecule has 1 atom stereocenters. The van der Waals surface area contributed by atoms with Gasteiger partial charge in [0.05, 0.1) is 12.1 Å². The van der Waals surface area contributed by atoms with Crippen molar-refractivity contribution in [2.45, 2.75) is 32.7 Å². The topological polar surface area (TPSA) is 55.4 Å². The molecule has 0 radical (unpaired) electrons. The molecule has 0 spiro atoms. The van der Waals surface area contributed by atoms with Crippen LogP contribution in [0.15, 0.2) is 24.3 Å². The van der Waals surface area contributed by atoms with Gasteiger partial charge in [-0.2, -0.15) is 0 Å². The maximum Gasteiger partial charge on any atom is 0.328 e. The molecule has 23 heavy (non-hydrogen) atoms. The fourth-order valence-corrected chi connectivity index (χ4v) is 4.04. The maximum absolute atomic E-state index is 12.6. The summed E-state index contributed by atoms with van der Waals surface area (Å²) in [6.07, 6.45) is 1.55. The van der Waals surface area contributed by atoms with E-state index in [1.54, 1.807) is 0 Å². The predicted molar refractivity (Wildman–Crippen MR) is 94.2 cm³/mol. The fourth-order valence-electron chi connectivity index (χ4n) is 2.62. The standard InChI is InChI=1S/C17H20ClNO3S/c1-4-10(5-2)14(17(21)22-3)19-16(20)15-13(18)11-8-6-7-9-12(11)23-15/h6-10,14H,4-5H2,1-3H3,(H,19,20)/t14-/m0/s1. The number of fused-ring (bicyclic) bond motifs is 1. The van der Waals surface area contributed by atoms with Gasteiger partial charge in [-0.1, -0.05) is 56.5 Å². The van der Waals surface area contributed by atoms with Crippen LogP contribution >= 0.6 is 22.9 Å². The van der Waals surface area contributed by atoms with Gasteiger partial charge in [0, 0.05) is 10.1 Å². The molecule has 1 amide bonds. The lowest BCUT2D eigenvalue weighted by molar-refractivity contribution is -0.144. The summed E-state index contributed by atoms with van der Waals surface area (Å²) in [5.41, 5.74) is 0. The van der Waals surface area contributed by atoms with Gasteiger partial charge < -0.3 is 10.1 Å². The number of thiophene rings is 1. The average Bonchev–Trinajstić information content (AvgIpc) is 2.91. The van der Waals surface area contributed by atoms with Gasteiger partial charge in [0.25, 0.3) is 5.91 Å². The van der Waals surface area contributed by atoms with Crippen LogP contribution in [-0.2, 0) is 9.53 Å². The number of esters is 1. The minimum atomic E-state index is -0.663. The van der Waals surface area contributed by atoms with Gasteiger partial charge in [-0.3, -0.25) is 4.79 Å². The van der Waals surface area contributed by atoms with E-state index < -0.39 is 12.0 Å². The Bertz CT molecular complexity index is 709. The lowest BCUT2D eigenvalue weighted by Crippen LogP contribution is -2.46. The van der Waals surface area contributed by atoms with Gasteiger partial charge in [0.1, 0.15) is 10.9 Å². The number of halogens is 1. The number of amides is 1. The summed E-state index contributed by atoms with van der Waals surface area (Å²) in [4.78, 5) is 25.1. The molecule has 0 saturated carbocycles. The normalized spacial score (nSPS) is 12.4. The molecule has 0 aliphatic carbocycles. The molecule has 0 bridgehead atoms. The van der Waals surface area contributed by atoms with Crippen LogP contribution in [0, 0.1) is 5.92 Å². The molecule has 0 unspecified atom stereocenters. The molecule has 0 aliphatic rings. The molecular formula is C17H20ClNO3S. The highest BCUT2D eigenvalue weighted by Crippen LogP contribution is 2.35. The van der Waals surface area contributed by atoms with E-state index in [9.17, 15) is 9.59 Å². The summed E-state index contributed by atoms with van der Waals surface area (Å²) in [6, 6.07) is 6.91. The van der Waals surface area contributed by atoms with Crippen molar-refractivity contribution in [3.8, 4) is 0 Å². The van der Waals surface area contributed by atoms with Crippen LogP contribution in [0.3, 0.4) is 0 Å². The predicted octanol–water partition coefficient (Wildman–Crippen LogP) is 4.26. The van der Waals surface area contributed by atoms with Gasteiger partial charge in [0.15, 0.2) is 0 Å². The zero-order valence-electron chi connectivity index (χ0n) is 13.4. The Labute approximate surface area is 144 Å². The second kappa shape index (κ2) is 7.79. The number of methoxy groups -OCH3 is 1. The molecule has 1 aromatic carbocycles. The summed E-state index contributed by atoms with van der Waals surface area (Å²) in [6.45, 7) is 3.98. The van der Waals surface area contributed by atoms with Crippen LogP contribution in [-0.4, -0.2) is 25.0 Å². The van der Waals surface area contributed by atoms with Gasteiger partial charge in [-0.25, -0.2) is 4.79 Å². The summed E-state index contributed by atoms with van der Waals surface area (Å²) in [5, 5.41) is 4.08. The first-order valence-corrected chi connectivity index (χ1v) is 8.78. The van der Waals surface area contributed by atoms with Crippen molar-refractivity contribution in [1.29, 1.82) is 0 Å². The smallest absolute Gasteiger partial charge is 0.328 e. The molecule has 4 nitrogen and oxygen atoms in total. The quantitative estimate of drug-likeness (QED) is 0.789. The van der Waals surface area contributed by atoms with Crippen molar-refractivity contribution in [2.24, 2.45) is 5.92 Å². The Hall–Kier alpha value is -1.59. The molecule has 0 saturated heterocycles. The number of nitrogens with one attached hydrogen (secondary N) is 1. The lowest BCUT2D eigenvalue weighted by atomic mass is 9.94. The van der Waals surface area contributed by atoms with E-state index in [0.717, 1.165) is 22.9 Å². The number of carbonyl (C=O) groups excluding carboxylic acids is 2. The fraction of sp³-hybridized carbons (Fsp3) is 0.412. The highest BCUT2D eigenvalue weighted by molar-refractivity contribution is 7.21. The average molecular weight is 354 g/mol. The van der Waals surface area contributed by atoms with Crippen LogP contribution in [0.1, 0.15) is 36.4 Å². The first-order valence-electron chi connectivity index (χ1n) is 7.59. The van der Waals surface area contributed by atoms with Crippen molar-refractivity contribution in [3.05, 3.63) is 34.2 Å². The highest BCUT2D eigenvalue weighted by Gasteiger charge is 2.30. The monoisotopic (exact) mass is 353 g/mol. The Morgan fingerprint density at radius 2 is 1.91 bits per heavy atom. The molecule has 0 aliphatic heterocycles. The SMILES string of the molecule is CCC(CC)[C@H](NC(=O)c1sc2ccccc2c1Cl)C(=O)OC. The third-order valence-electron chi connectivity index (χ3n) is 4.00. The van der Waals surface area contributed by atoms with E-state index in [2.05, 4.69) is 5.32 Å². The largest absolute Gasteiger partial charge is 0.467 e. The Balaban J connectivity index is 2.30. The van der Waals surface area contributed by atoms with Crippen LogP contribution in [0.25, 0.3) is 10.1 Å². The van der Waals surface area contributed by atoms with Crippen molar-refractivity contribution >= 4 is 44.9 Å². The molecule has 6 heteroatoms. The molecule has 124 valence electrons. The maximum atomic E-state index is 12.6. The molecular weight excluding hydrogens is 334 g/mol. The van der Waals surface area contributed by atoms with E-state index >= 15 is 0 Å². The molecule has 1 N–H and O–H groups in total. The van der Waals surface area contributed by atoms with Gasteiger partial charge in [-0.15, -0.1) is 11.3 Å². The molecule has 1 heterocycles. The number of hydrogen-bond acceptors (Lipinski definition) is 4. The first-order chi connectivity index (χ1) is 11.0. The van der Waals surface area contributed by atoms with E-state index in [4.69, 9.17) is 16.3 Å². The van der Waals surface area contributed by atoms with E-state index in [0.29, 0.717) is 9.90 Å². The summed E-state index contributed by atoms with van der Waals surface area (Å²) in [7, 11) is 1.33. The van der Waals surface area contributed by atoms with Gasteiger partial charge in [0.2, 0.25) is 0 Å². The van der Waals surface area contributed by atoms with E-state index in [-0.39, 0.29) is 11.8 Å². The summed E-state index contributed by atoms with van der Waals surface area (Å²) < 4.78 is 5.78. The Kier molecular flexibility index (Phi) is 6.02.